The molecule has 84 valence electrons. The van der Waals surface area contributed by atoms with Crippen molar-refractivity contribution in [2.24, 2.45) is 11.5 Å². The summed E-state index contributed by atoms with van der Waals surface area (Å²) in [5.41, 5.74) is 11.7. The van der Waals surface area contributed by atoms with E-state index in [9.17, 15) is 4.39 Å². The highest BCUT2D eigenvalue weighted by Gasteiger charge is 2.11. The molecule has 0 unspecified atom stereocenters. The Morgan fingerprint density at radius 2 is 2.20 bits per heavy atom. The van der Waals surface area contributed by atoms with Crippen molar-refractivity contribution in [3.8, 4) is 5.75 Å². The molecule has 0 fully saturated rings. The van der Waals surface area contributed by atoms with Gasteiger partial charge >= 0.3 is 0 Å². The third kappa shape index (κ3) is 3.18. The lowest BCUT2D eigenvalue weighted by molar-refractivity contribution is 0.410. The number of benzene rings is 1. The predicted molar refractivity (Wildman–Crippen MR) is 58.2 cm³/mol. The van der Waals surface area contributed by atoms with Crippen LogP contribution in [0, 0.1) is 5.82 Å². The van der Waals surface area contributed by atoms with Crippen LogP contribution in [0.5, 0.6) is 5.75 Å². The molecule has 0 spiro atoms. The van der Waals surface area contributed by atoms with Crippen molar-refractivity contribution < 1.29 is 9.13 Å². The van der Waals surface area contributed by atoms with E-state index < -0.39 is 0 Å². The average molecular weight is 212 g/mol. The van der Waals surface area contributed by atoms with Gasteiger partial charge in [0.05, 0.1) is 7.11 Å². The number of methoxy groups -OCH3 is 1. The van der Waals surface area contributed by atoms with E-state index >= 15 is 0 Å². The van der Waals surface area contributed by atoms with Gasteiger partial charge in [-0.1, -0.05) is 6.07 Å². The van der Waals surface area contributed by atoms with E-state index in [1.54, 1.807) is 12.1 Å². The molecular weight excluding hydrogens is 195 g/mol. The summed E-state index contributed by atoms with van der Waals surface area (Å²) in [5.74, 6) is 0.182. The summed E-state index contributed by atoms with van der Waals surface area (Å²) in [4.78, 5) is 0. The second kappa shape index (κ2) is 5.68. The lowest BCUT2D eigenvalue weighted by atomic mass is 10.0. The van der Waals surface area contributed by atoms with Crippen molar-refractivity contribution in [1.29, 1.82) is 0 Å². The topological polar surface area (TPSA) is 61.3 Å². The van der Waals surface area contributed by atoms with Crippen LogP contribution in [-0.2, 0) is 0 Å². The van der Waals surface area contributed by atoms with E-state index in [0.29, 0.717) is 24.3 Å². The fourth-order valence-electron chi connectivity index (χ4n) is 1.43. The van der Waals surface area contributed by atoms with Crippen LogP contribution in [0.15, 0.2) is 18.2 Å². The highest BCUT2D eigenvalue weighted by atomic mass is 19.1. The SMILES string of the molecule is COc1ccc([C@H](N)CCCN)c(F)c1. The standard InChI is InChI=1S/C11H17FN2O/c1-15-8-4-5-9(10(12)7-8)11(14)3-2-6-13/h4-5,7,11H,2-3,6,13-14H2,1H3/t11-/m1/s1. The van der Waals surface area contributed by atoms with Crippen LogP contribution in [0.3, 0.4) is 0 Å². The molecule has 0 bridgehead atoms. The van der Waals surface area contributed by atoms with E-state index in [2.05, 4.69) is 0 Å². The molecule has 3 nitrogen and oxygen atoms in total. The Morgan fingerprint density at radius 1 is 1.47 bits per heavy atom. The van der Waals surface area contributed by atoms with Crippen LogP contribution in [0.2, 0.25) is 0 Å². The largest absolute Gasteiger partial charge is 0.497 e. The second-order valence-corrected chi connectivity index (χ2v) is 3.42. The van der Waals surface area contributed by atoms with E-state index in [1.807, 2.05) is 0 Å². The van der Waals surface area contributed by atoms with Crippen molar-refractivity contribution in [3.63, 3.8) is 0 Å². The van der Waals surface area contributed by atoms with Gasteiger partial charge in [0.2, 0.25) is 0 Å². The molecule has 1 aromatic carbocycles. The smallest absolute Gasteiger partial charge is 0.131 e. The van der Waals surface area contributed by atoms with Crippen molar-refractivity contribution in [1.82, 2.24) is 0 Å². The Bertz CT molecular complexity index is 317. The quantitative estimate of drug-likeness (QED) is 0.778. The number of hydrogen-bond acceptors (Lipinski definition) is 3. The van der Waals surface area contributed by atoms with Gasteiger partial charge in [-0.25, -0.2) is 4.39 Å². The first-order valence-electron chi connectivity index (χ1n) is 4.98. The normalized spacial score (nSPS) is 12.5. The molecule has 4 heteroatoms. The van der Waals surface area contributed by atoms with Crippen LogP contribution in [0.4, 0.5) is 4.39 Å². The maximum atomic E-state index is 13.5. The molecule has 0 aliphatic rings. The first-order chi connectivity index (χ1) is 7.19. The summed E-state index contributed by atoms with van der Waals surface area (Å²) in [6.07, 6.45) is 1.49. The minimum absolute atomic E-state index is 0.292. The fourth-order valence-corrected chi connectivity index (χ4v) is 1.43. The number of halogens is 1. The van der Waals surface area contributed by atoms with Gasteiger partial charge in [-0.2, -0.15) is 0 Å². The van der Waals surface area contributed by atoms with Gasteiger partial charge in [0.15, 0.2) is 0 Å². The van der Waals surface area contributed by atoms with Gasteiger partial charge in [0.25, 0.3) is 0 Å². The Balaban J connectivity index is 2.76. The number of nitrogens with two attached hydrogens (primary N) is 2. The molecule has 1 atom stereocenters. The van der Waals surface area contributed by atoms with Gasteiger partial charge < -0.3 is 16.2 Å². The molecule has 15 heavy (non-hydrogen) atoms. The first-order valence-corrected chi connectivity index (χ1v) is 4.98. The highest BCUT2D eigenvalue weighted by Crippen LogP contribution is 2.22. The average Bonchev–Trinajstić information content (AvgIpc) is 2.25. The Kier molecular flexibility index (Phi) is 4.52. The molecule has 0 aliphatic carbocycles. The lowest BCUT2D eigenvalue weighted by Crippen LogP contribution is -2.14. The van der Waals surface area contributed by atoms with Gasteiger partial charge in [0.1, 0.15) is 11.6 Å². The predicted octanol–water partition coefficient (Wildman–Crippen LogP) is 1.57. The zero-order chi connectivity index (χ0) is 11.3. The number of rotatable bonds is 5. The summed E-state index contributed by atoms with van der Waals surface area (Å²) in [5, 5.41) is 0. The van der Waals surface area contributed by atoms with E-state index in [4.69, 9.17) is 16.2 Å². The molecule has 1 rings (SSSR count). The summed E-state index contributed by atoms with van der Waals surface area (Å²) < 4.78 is 18.4. The van der Waals surface area contributed by atoms with Crippen molar-refractivity contribution in [3.05, 3.63) is 29.6 Å². The summed E-state index contributed by atoms with van der Waals surface area (Å²) >= 11 is 0. The Hall–Kier alpha value is -1.13. The zero-order valence-electron chi connectivity index (χ0n) is 8.87. The van der Waals surface area contributed by atoms with Gasteiger partial charge in [-0.15, -0.1) is 0 Å². The van der Waals surface area contributed by atoms with Crippen LogP contribution in [0.1, 0.15) is 24.4 Å². The fraction of sp³-hybridized carbons (Fsp3) is 0.455. The molecular formula is C11H17FN2O. The maximum absolute atomic E-state index is 13.5. The monoisotopic (exact) mass is 212 g/mol. The van der Waals surface area contributed by atoms with E-state index in [1.165, 1.54) is 13.2 Å². The third-order valence-corrected chi connectivity index (χ3v) is 2.33. The highest BCUT2D eigenvalue weighted by molar-refractivity contribution is 5.30. The zero-order valence-corrected chi connectivity index (χ0v) is 8.87. The van der Waals surface area contributed by atoms with Crippen molar-refractivity contribution >= 4 is 0 Å². The maximum Gasteiger partial charge on any atom is 0.131 e. The molecule has 0 saturated heterocycles. The van der Waals surface area contributed by atoms with Crippen LogP contribution < -0.4 is 16.2 Å². The molecule has 1 aromatic rings. The molecule has 4 N–H and O–H groups in total. The van der Waals surface area contributed by atoms with E-state index in [0.717, 1.165) is 6.42 Å². The van der Waals surface area contributed by atoms with Crippen molar-refractivity contribution in [2.45, 2.75) is 18.9 Å². The van der Waals surface area contributed by atoms with E-state index in [-0.39, 0.29) is 11.9 Å². The summed E-state index contributed by atoms with van der Waals surface area (Å²) in [7, 11) is 1.50. The molecule has 0 aliphatic heterocycles. The van der Waals surface area contributed by atoms with Crippen LogP contribution in [0.25, 0.3) is 0 Å². The third-order valence-electron chi connectivity index (χ3n) is 2.33. The molecule has 0 saturated carbocycles. The van der Waals surface area contributed by atoms with Crippen LogP contribution >= 0.6 is 0 Å². The first kappa shape index (κ1) is 11.9. The molecule has 0 amide bonds. The van der Waals surface area contributed by atoms with Crippen LogP contribution in [-0.4, -0.2) is 13.7 Å². The van der Waals surface area contributed by atoms with Gasteiger partial charge in [-0.05, 0) is 25.5 Å². The van der Waals surface area contributed by atoms with Gasteiger partial charge in [0, 0.05) is 17.7 Å². The molecule has 0 radical (unpaired) electrons. The second-order valence-electron chi connectivity index (χ2n) is 3.42. The number of ether oxygens (including phenoxy) is 1. The molecule has 0 aromatic heterocycles. The summed E-state index contributed by atoms with van der Waals surface area (Å²) in [6, 6.07) is 4.42. The number of hydrogen-bond donors (Lipinski definition) is 2. The lowest BCUT2D eigenvalue weighted by Gasteiger charge is -2.13. The summed E-state index contributed by atoms with van der Waals surface area (Å²) in [6.45, 7) is 0.575. The minimum atomic E-state index is -0.320. The van der Waals surface area contributed by atoms with Crippen molar-refractivity contribution in [2.75, 3.05) is 13.7 Å². The minimum Gasteiger partial charge on any atom is -0.497 e. The Morgan fingerprint density at radius 3 is 2.73 bits per heavy atom. The Labute approximate surface area is 89.2 Å². The van der Waals surface area contributed by atoms with Gasteiger partial charge in [-0.3, -0.25) is 0 Å². The molecule has 0 heterocycles.